The Balaban J connectivity index is 0.000000186. The number of nitrogens with zero attached hydrogens (tertiary/aromatic N) is 9. The number of aromatic nitrogens is 8. The van der Waals surface area contributed by atoms with Crippen LogP contribution in [0, 0.1) is 11.6 Å². The molecule has 4 aromatic heterocycles. The SMILES string of the molecule is CCN(CC)CC.ClCCl.Cn1cnc(-n2ccc(N)n2)c1.Cn1cnc(-n2ccc(NC(=O)C3(c4ccccc4F)CC3)n2)c1.O=C(Cl)C1(c2ccccc2F)CC1. The van der Waals surface area contributed by atoms with Gasteiger partial charge in [0.25, 0.3) is 0 Å². The molecule has 3 N–H and O–H groups in total. The van der Waals surface area contributed by atoms with Crippen LogP contribution < -0.4 is 11.1 Å². The fourth-order valence-electron chi connectivity index (χ4n) is 6.06. The van der Waals surface area contributed by atoms with Gasteiger partial charge in [-0.3, -0.25) is 9.59 Å². The first-order valence-corrected chi connectivity index (χ1v) is 20.4. The Bertz CT molecular complexity index is 2200. The number of halogens is 5. The molecule has 2 aliphatic rings. The maximum absolute atomic E-state index is 14.0. The van der Waals surface area contributed by atoms with Crippen LogP contribution in [0.2, 0.25) is 0 Å². The molecule has 2 aliphatic carbocycles. The predicted octanol–water partition coefficient (Wildman–Crippen LogP) is 8.00. The van der Waals surface area contributed by atoms with Gasteiger partial charge in [0.05, 0.1) is 28.8 Å². The van der Waals surface area contributed by atoms with Gasteiger partial charge in [-0.25, -0.2) is 28.1 Å². The standard InChI is InChI=1S/C17H16FN5O.C10H8ClFO.C7H9N5.C6H15N.CH2Cl2/c1-22-10-15(19-11-22)23-9-6-14(21-23)20-16(24)17(7-8-17)12-4-2-3-5-13(12)18;11-9(13)10(5-6-10)7-3-1-2-4-8(7)12;1-11-4-7(9-5-11)12-3-2-6(8)10-12;1-4-7(5-2)6-3;2-1-3/h2-6,9-11H,7-8H2,1H3,(H,20,21,24);1-4H,5-6H2;2-5H,1H3,(H2,8,10);4-6H2,1-3H3;1H2. The quantitative estimate of drug-likeness (QED) is 0.104. The van der Waals surface area contributed by atoms with Crippen LogP contribution in [0.3, 0.4) is 0 Å². The Kier molecular flexibility index (Phi) is 17.2. The summed E-state index contributed by atoms with van der Waals surface area (Å²) < 4.78 is 34.2. The summed E-state index contributed by atoms with van der Waals surface area (Å²) in [5, 5.41) is 10.9. The number of benzene rings is 2. The van der Waals surface area contributed by atoms with Gasteiger partial charge in [0.1, 0.15) is 17.5 Å². The first-order chi connectivity index (χ1) is 28.3. The molecule has 0 radical (unpaired) electrons. The zero-order chi connectivity index (χ0) is 43.2. The highest BCUT2D eigenvalue weighted by molar-refractivity contribution is 6.66. The molecule has 4 heterocycles. The molecule has 59 heavy (non-hydrogen) atoms. The minimum absolute atomic E-state index is 0.194. The fourth-order valence-corrected chi connectivity index (χ4v) is 6.36. The van der Waals surface area contributed by atoms with Crippen LogP contribution in [0.5, 0.6) is 0 Å². The molecular weight excluding hydrogens is 823 g/mol. The maximum Gasteiger partial charge on any atom is 0.236 e. The number of anilines is 2. The molecule has 0 bridgehead atoms. The molecule has 0 saturated heterocycles. The van der Waals surface area contributed by atoms with Gasteiger partial charge in [-0.15, -0.1) is 33.4 Å². The Hall–Kier alpha value is -5.09. The molecule has 0 unspecified atom stereocenters. The predicted molar refractivity (Wildman–Crippen MR) is 229 cm³/mol. The van der Waals surface area contributed by atoms with Crippen LogP contribution >= 0.6 is 34.8 Å². The van der Waals surface area contributed by atoms with Crippen LogP contribution in [0.1, 0.15) is 57.6 Å². The van der Waals surface area contributed by atoms with Crippen molar-refractivity contribution in [1.29, 1.82) is 0 Å². The third-order valence-corrected chi connectivity index (χ3v) is 10.1. The van der Waals surface area contributed by atoms with Gasteiger partial charge < -0.3 is 25.1 Å². The average molecular weight is 873 g/mol. The number of rotatable bonds is 10. The van der Waals surface area contributed by atoms with Crippen molar-refractivity contribution >= 4 is 57.6 Å². The summed E-state index contributed by atoms with van der Waals surface area (Å²) >= 11 is 15.0. The van der Waals surface area contributed by atoms with E-state index in [0.717, 1.165) is 5.82 Å². The molecule has 0 aliphatic heterocycles. The first-order valence-electron chi connectivity index (χ1n) is 19.0. The zero-order valence-electron chi connectivity index (χ0n) is 33.7. The van der Waals surface area contributed by atoms with E-state index >= 15 is 0 Å². The normalized spacial score (nSPS) is 13.9. The van der Waals surface area contributed by atoms with Gasteiger partial charge >= 0.3 is 0 Å². The van der Waals surface area contributed by atoms with E-state index in [0.29, 0.717) is 54.3 Å². The van der Waals surface area contributed by atoms with E-state index in [1.54, 1.807) is 82.9 Å². The van der Waals surface area contributed by atoms with Crippen LogP contribution in [0.25, 0.3) is 11.6 Å². The highest BCUT2D eigenvalue weighted by Gasteiger charge is 2.53. The summed E-state index contributed by atoms with van der Waals surface area (Å²) in [6.07, 6.45) is 13.2. The van der Waals surface area contributed by atoms with E-state index in [1.165, 1.54) is 31.8 Å². The number of nitrogen functional groups attached to an aromatic ring is 1. The molecule has 13 nitrogen and oxygen atoms in total. The molecular formula is C41H50Cl3F2N11O2. The van der Waals surface area contributed by atoms with Crippen LogP contribution in [0.15, 0.2) is 98.1 Å². The average Bonchev–Trinajstić information content (AvgIpc) is 3.94. The second-order valence-electron chi connectivity index (χ2n) is 13.7. The molecule has 6 aromatic rings. The molecule has 1 amide bonds. The molecule has 18 heteroatoms. The third kappa shape index (κ3) is 12.5. The zero-order valence-corrected chi connectivity index (χ0v) is 36.0. The van der Waals surface area contributed by atoms with Crippen molar-refractivity contribution in [3.05, 3.63) is 121 Å². The van der Waals surface area contributed by atoms with Gasteiger partial charge in [-0.2, -0.15) is 0 Å². The molecule has 2 aromatic carbocycles. The molecule has 8 rings (SSSR count). The Morgan fingerprint density at radius 1 is 0.746 bits per heavy atom. The van der Waals surface area contributed by atoms with Crippen molar-refractivity contribution in [2.45, 2.75) is 57.3 Å². The molecule has 2 fully saturated rings. The number of carbonyl (C=O) groups is 2. The fraction of sp³-hybridized carbons (Fsp3) is 0.366. The molecule has 0 atom stereocenters. The lowest BCUT2D eigenvalue weighted by molar-refractivity contribution is -0.118. The van der Waals surface area contributed by atoms with E-state index in [-0.39, 0.29) is 22.9 Å². The van der Waals surface area contributed by atoms with Crippen LogP contribution in [0.4, 0.5) is 20.4 Å². The second kappa shape index (κ2) is 21.8. The summed E-state index contributed by atoms with van der Waals surface area (Å²) in [6, 6.07) is 16.2. The highest BCUT2D eigenvalue weighted by Crippen LogP contribution is 2.51. The van der Waals surface area contributed by atoms with Gasteiger partial charge in [0, 0.05) is 62.1 Å². The van der Waals surface area contributed by atoms with E-state index in [1.807, 2.05) is 35.6 Å². The van der Waals surface area contributed by atoms with E-state index in [2.05, 4.69) is 51.2 Å². The van der Waals surface area contributed by atoms with E-state index in [9.17, 15) is 18.4 Å². The summed E-state index contributed by atoms with van der Waals surface area (Å²) in [7, 11) is 3.78. The molecule has 0 spiro atoms. The van der Waals surface area contributed by atoms with Crippen molar-refractivity contribution < 1.29 is 18.4 Å². The topological polar surface area (TPSA) is 147 Å². The minimum Gasteiger partial charge on any atom is -0.382 e. The second-order valence-corrected chi connectivity index (χ2v) is 14.8. The number of nitrogens with one attached hydrogen (secondary N) is 1. The van der Waals surface area contributed by atoms with E-state index in [4.69, 9.17) is 40.5 Å². The number of nitrogens with two attached hydrogens (primary N) is 1. The lowest BCUT2D eigenvalue weighted by atomic mass is 9.94. The Morgan fingerprint density at radius 2 is 1.19 bits per heavy atom. The minimum atomic E-state index is -0.778. The lowest BCUT2D eigenvalue weighted by Gasteiger charge is -2.15. The van der Waals surface area contributed by atoms with Gasteiger partial charge in [0.2, 0.25) is 11.1 Å². The van der Waals surface area contributed by atoms with Crippen molar-refractivity contribution in [2.75, 3.05) is 36.0 Å². The monoisotopic (exact) mass is 871 g/mol. The number of aryl methyl sites for hydroxylation is 2. The van der Waals surface area contributed by atoms with Crippen LogP contribution in [-0.4, -0.2) is 79.7 Å². The van der Waals surface area contributed by atoms with Gasteiger partial charge in [0.15, 0.2) is 17.5 Å². The Labute approximate surface area is 358 Å². The van der Waals surface area contributed by atoms with Crippen molar-refractivity contribution in [2.24, 2.45) is 14.1 Å². The largest absolute Gasteiger partial charge is 0.382 e. The number of imidazole rings is 2. The molecule has 316 valence electrons. The molecule has 2 saturated carbocycles. The number of carbonyl (C=O) groups excluding carboxylic acids is 2. The number of hydrogen-bond donors (Lipinski definition) is 2. The number of amides is 1. The van der Waals surface area contributed by atoms with Gasteiger partial charge in [-0.1, -0.05) is 57.2 Å². The summed E-state index contributed by atoms with van der Waals surface area (Å²) in [5.41, 5.74) is 4.85. The van der Waals surface area contributed by atoms with Crippen molar-refractivity contribution in [3.63, 3.8) is 0 Å². The lowest BCUT2D eigenvalue weighted by Crippen LogP contribution is -2.29. The van der Waals surface area contributed by atoms with Crippen molar-refractivity contribution in [3.8, 4) is 11.6 Å². The van der Waals surface area contributed by atoms with E-state index < -0.39 is 16.1 Å². The smallest absolute Gasteiger partial charge is 0.236 e. The summed E-state index contributed by atoms with van der Waals surface area (Å²) in [5.74, 6) is 1.45. The van der Waals surface area contributed by atoms with Gasteiger partial charge in [-0.05, 0) is 69.1 Å². The summed E-state index contributed by atoms with van der Waals surface area (Å²) in [4.78, 5) is 34.4. The highest BCUT2D eigenvalue weighted by atomic mass is 35.5. The first kappa shape index (κ1) is 46.6. The maximum atomic E-state index is 14.0. The number of alkyl halides is 2. The third-order valence-electron chi connectivity index (χ3n) is 9.72. The van der Waals surface area contributed by atoms with Crippen LogP contribution in [-0.2, 0) is 34.5 Å². The Morgan fingerprint density at radius 3 is 1.54 bits per heavy atom. The number of hydrogen-bond acceptors (Lipinski definition) is 8. The van der Waals surface area contributed by atoms with Crippen molar-refractivity contribution in [1.82, 2.24) is 43.6 Å². The summed E-state index contributed by atoms with van der Waals surface area (Å²) in [6.45, 7) is 10.1.